The van der Waals surface area contributed by atoms with Gasteiger partial charge >= 0.3 is 39.5 Å². The Morgan fingerprint density at radius 1 is 0.344 bits per heavy atom. The molecule has 0 spiro atoms. The normalized spacial score (nSPS) is 14.4. The first-order valence-electron chi connectivity index (χ1n) is 36.2. The molecular formula is C71H134O17P2. The van der Waals surface area contributed by atoms with Crippen LogP contribution in [-0.2, 0) is 65.4 Å². The zero-order valence-electron chi connectivity index (χ0n) is 58.1. The van der Waals surface area contributed by atoms with E-state index in [0.717, 1.165) is 121 Å². The summed E-state index contributed by atoms with van der Waals surface area (Å²) in [6.45, 7) is 11.7. The predicted molar refractivity (Wildman–Crippen MR) is 363 cm³/mol. The van der Waals surface area contributed by atoms with Crippen molar-refractivity contribution in [3.8, 4) is 0 Å². The number of hydrogen-bond acceptors (Lipinski definition) is 15. The maximum Gasteiger partial charge on any atom is 0.472 e. The fourth-order valence-electron chi connectivity index (χ4n) is 10.2. The van der Waals surface area contributed by atoms with Crippen LogP contribution in [0.1, 0.15) is 331 Å². The van der Waals surface area contributed by atoms with Gasteiger partial charge in [-0.25, -0.2) is 9.13 Å². The van der Waals surface area contributed by atoms with E-state index < -0.39 is 97.5 Å². The summed E-state index contributed by atoms with van der Waals surface area (Å²) in [7, 11) is -9.92. The van der Waals surface area contributed by atoms with Gasteiger partial charge in [-0.15, -0.1) is 0 Å². The number of hydrogen-bond donors (Lipinski definition) is 3. The minimum atomic E-state index is -4.96. The van der Waals surface area contributed by atoms with Crippen LogP contribution in [0.5, 0.6) is 0 Å². The minimum absolute atomic E-state index is 0.0835. The lowest BCUT2D eigenvalue weighted by Gasteiger charge is -2.21. The minimum Gasteiger partial charge on any atom is -0.462 e. The summed E-state index contributed by atoms with van der Waals surface area (Å²) >= 11 is 0. The van der Waals surface area contributed by atoms with E-state index in [9.17, 15) is 43.2 Å². The fourth-order valence-corrected chi connectivity index (χ4v) is 11.8. The van der Waals surface area contributed by atoms with E-state index in [0.29, 0.717) is 31.6 Å². The van der Waals surface area contributed by atoms with E-state index in [1.807, 2.05) is 0 Å². The molecule has 0 aliphatic rings. The van der Waals surface area contributed by atoms with Crippen LogP contribution in [0.2, 0.25) is 0 Å². The van der Waals surface area contributed by atoms with Gasteiger partial charge in [-0.3, -0.25) is 37.3 Å². The number of esters is 4. The quantitative estimate of drug-likeness (QED) is 0.0169. The van der Waals surface area contributed by atoms with Crippen molar-refractivity contribution in [3.63, 3.8) is 0 Å². The largest absolute Gasteiger partial charge is 0.472 e. The van der Waals surface area contributed by atoms with Gasteiger partial charge in [-0.05, 0) is 69.1 Å². The molecule has 17 nitrogen and oxygen atoms in total. The van der Waals surface area contributed by atoms with Crippen molar-refractivity contribution in [3.05, 3.63) is 24.3 Å². The molecule has 0 aromatic rings. The topological polar surface area (TPSA) is 237 Å². The van der Waals surface area contributed by atoms with Crippen LogP contribution in [0, 0.1) is 17.8 Å². The van der Waals surface area contributed by atoms with Crippen molar-refractivity contribution < 1.29 is 80.2 Å². The van der Waals surface area contributed by atoms with Gasteiger partial charge in [0.1, 0.15) is 19.3 Å². The molecule has 530 valence electrons. The predicted octanol–water partition coefficient (Wildman–Crippen LogP) is 19.8. The molecule has 3 N–H and O–H groups in total. The van der Waals surface area contributed by atoms with Crippen LogP contribution < -0.4 is 0 Å². The Balaban J connectivity index is 5.27. The second-order valence-electron chi connectivity index (χ2n) is 26.4. The molecular weight excluding hydrogens is 1190 g/mol. The number of rotatable bonds is 67. The van der Waals surface area contributed by atoms with Crippen molar-refractivity contribution in [2.75, 3.05) is 39.6 Å². The van der Waals surface area contributed by atoms with E-state index in [2.05, 4.69) is 72.8 Å². The number of aliphatic hydroxyl groups excluding tert-OH is 1. The number of aliphatic hydroxyl groups is 1. The fraction of sp³-hybridized carbons (Fsp3) is 0.887. The van der Waals surface area contributed by atoms with Crippen LogP contribution in [0.25, 0.3) is 0 Å². The van der Waals surface area contributed by atoms with Crippen molar-refractivity contribution in [2.24, 2.45) is 17.8 Å². The van der Waals surface area contributed by atoms with E-state index in [4.69, 9.17) is 37.0 Å². The lowest BCUT2D eigenvalue weighted by molar-refractivity contribution is -0.161. The molecule has 0 aromatic carbocycles. The van der Waals surface area contributed by atoms with E-state index in [1.165, 1.54) is 122 Å². The van der Waals surface area contributed by atoms with Crippen molar-refractivity contribution in [2.45, 2.75) is 349 Å². The SMILES string of the molecule is CCCCCC/C=C\C=C/CCCCCCCC(=O)O[C@H](COC(=O)CCCCCCCCC(C)C)COP(=O)(O)OC[C@H](O)COP(=O)(O)OC[C@@H](COC(=O)CCCCCCCCCCCCCC(C)C)OC(=O)CCCCCCCCCCCC(C)C. The maximum atomic E-state index is 13.0. The van der Waals surface area contributed by atoms with Crippen LogP contribution in [-0.4, -0.2) is 96.7 Å². The third-order valence-corrected chi connectivity index (χ3v) is 17.7. The number of phosphoric ester groups is 2. The lowest BCUT2D eigenvalue weighted by atomic mass is 10.0. The number of ether oxygens (including phenoxy) is 4. The Morgan fingerprint density at radius 3 is 0.900 bits per heavy atom. The number of carbonyl (C=O) groups excluding carboxylic acids is 4. The Bertz CT molecular complexity index is 1860. The molecule has 0 rings (SSSR count). The Labute approximate surface area is 548 Å². The number of carbonyl (C=O) groups is 4. The molecule has 0 bridgehead atoms. The smallest absolute Gasteiger partial charge is 0.462 e. The standard InChI is InChI=1S/C71H134O17P2/c1-8-9-10-11-12-13-14-15-16-17-20-26-31-40-47-54-70(75)88-67(59-82-69(74)53-46-39-34-33-37-44-51-64(6)7)61-86-90(79,80)84-57-65(72)56-83-89(77,78)85-60-66(87-71(76)55-48-41-32-27-22-24-29-36-43-50-63(4)5)58-81-68(73)52-45-38-30-25-21-18-19-23-28-35-42-49-62(2)3/h13-16,62-67,72H,8-12,17-61H2,1-7H3,(H,77,78)(H,79,80)/b14-13-,16-15-/t65-,66-,67-/m1/s1. The molecule has 19 heteroatoms. The van der Waals surface area contributed by atoms with Crippen molar-refractivity contribution >= 4 is 39.5 Å². The van der Waals surface area contributed by atoms with Gasteiger partial charge in [0.2, 0.25) is 0 Å². The summed E-state index contributed by atoms with van der Waals surface area (Å²) in [6, 6.07) is 0. The summed E-state index contributed by atoms with van der Waals surface area (Å²) in [5, 5.41) is 10.6. The monoisotopic (exact) mass is 1320 g/mol. The lowest BCUT2D eigenvalue weighted by Crippen LogP contribution is -2.30. The second kappa shape index (κ2) is 61.4. The Hall–Kier alpha value is -2.46. The van der Waals surface area contributed by atoms with Gasteiger partial charge in [-0.2, -0.15) is 0 Å². The Morgan fingerprint density at radius 2 is 0.600 bits per heavy atom. The molecule has 2 unspecified atom stereocenters. The summed E-state index contributed by atoms with van der Waals surface area (Å²) in [5.41, 5.74) is 0. The highest BCUT2D eigenvalue weighted by molar-refractivity contribution is 7.47. The third-order valence-electron chi connectivity index (χ3n) is 15.8. The molecule has 0 aromatic heterocycles. The highest BCUT2D eigenvalue weighted by Crippen LogP contribution is 2.45. The molecule has 0 radical (unpaired) electrons. The first kappa shape index (κ1) is 87.5. The first-order chi connectivity index (χ1) is 43.2. The zero-order valence-corrected chi connectivity index (χ0v) is 59.9. The van der Waals surface area contributed by atoms with Crippen LogP contribution in [0.15, 0.2) is 24.3 Å². The zero-order chi connectivity index (χ0) is 66.6. The van der Waals surface area contributed by atoms with Gasteiger partial charge < -0.3 is 33.8 Å². The third kappa shape index (κ3) is 64.3. The molecule has 90 heavy (non-hydrogen) atoms. The van der Waals surface area contributed by atoms with Gasteiger partial charge in [0.15, 0.2) is 12.2 Å². The number of unbranched alkanes of at least 4 members (excludes halogenated alkanes) is 32. The van der Waals surface area contributed by atoms with Crippen molar-refractivity contribution in [1.29, 1.82) is 0 Å². The van der Waals surface area contributed by atoms with E-state index in [-0.39, 0.29) is 25.7 Å². The average molecular weight is 1320 g/mol. The summed E-state index contributed by atoms with van der Waals surface area (Å²) in [5.74, 6) is 0.0221. The molecule has 0 amide bonds. The van der Waals surface area contributed by atoms with Gasteiger partial charge in [0.05, 0.1) is 26.4 Å². The molecule has 0 fully saturated rings. The van der Waals surface area contributed by atoms with Crippen LogP contribution in [0.3, 0.4) is 0 Å². The average Bonchev–Trinajstić information content (AvgIpc) is 3.26. The van der Waals surface area contributed by atoms with Gasteiger partial charge in [0, 0.05) is 25.7 Å². The molecule has 0 heterocycles. The van der Waals surface area contributed by atoms with Gasteiger partial charge in [-0.1, -0.05) is 278 Å². The second-order valence-corrected chi connectivity index (χ2v) is 29.3. The van der Waals surface area contributed by atoms with Gasteiger partial charge in [0.25, 0.3) is 0 Å². The molecule has 0 saturated heterocycles. The maximum absolute atomic E-state index is 13.0. The van der Waals surface area contributed by atoms with E-state index >= 15 is 0 Å². The number of phosphoric acid groups is 2. The first-order valence-corrected chi connectivity index (χ1v) is 39.2. The summed E-state index contributed by atoms with van der Waals surface area (Å²) < 4.78 is 68.2. The van der Waals surface area contributed by atoms with E-state index in [1.54, 1.807) is 0 Å². The summed E-state index contributed by atoms with van der Waals surface area (Å²) in [4.78, 5) is 72.5. The van der Waals surface area contributed by atoms with Crippen molar-refractivity contribution in [1.82, 2.24) is 0 Å². The molecule has 0 aliphatic heterocycles. The number of allylic oxidation sites excluding steroid dienone is 4. The molecule has 5 atom stereocenters. The van der Waals surface area contributed by atoms with Crippen LogP contribution >= 0.6 is 15.6 Å². The Kier molecular flexibility index (Phi) is 59.7. The highest BCUT2D eigenvalue weighted by atomic mass is 31.2. The molecule has 0 aliphatic carbocycles. The highest BCUT2D eigenvalue weighted by Gasteiger charge is 2.30. The summed E-state index contributed by atoms with van der Waals surface area (Å²) in [6.07, 6.45) is 48.2. The van der Waals surface area contributed by atoms with Crippen LogP contribution in [0.4, 0.5) is 0 Å². The molecule has 0 saturated carbocycles.